The van der Waals surface area contributed by atoms with Crippen LogP contribution in [-0.2, 0) is 4.79 Å². The molecule has 0 bridgehead atoms. The predicted molar refractivity (Wildman–Crippen MR) is 83.9 cm³/mol. The van der Waals surface area contributed by atoms with Crippen molar-refractivity contribution in [2.45, 2.75) is 97.0 Å². The lowest BCUT2D eigenvalue weighted by Gasteiger charge is -2.07. The first-order valence-corrected chi connectivity index (χ1v) is 8.48. The predicted octanol–water partition coefficient (Wildman–Crippen LogP) is 4.77. The summed E-state index contributed by atoms with van der Waals surface area (Å²) >= 11 is 0. The molecule has 0 aliphatic carbocycles. The van der Waals surface area contributed by atoms with Crippen molar-refractivity contribution in [2.75, 3.05) is 0 Å². The first kappa shape index (κ1) is 19.4. The zero-order chi connectivity index (χ0) is 15.2. The van der Waals surface area contributed by atoms with Crippen molar-refractivity contribution in [3.05, 3.63) is 0 Å². The van der Waals surface area contributed by atoms with Crippen LogP contribution in [0.4, 0.5) is 0 Å². The van der Waals surface area contributed by atoms with E-state index in [1.54, 1.807) is 0 Å². The Morgan fingerprint density at radius 1 is 0.850 bits per heavy atom. The van der Waals surface area contributed by atoms with Gasteiger partial charge in [0, 0.05) is 0 Å². The van der Waals surface area contributed by atoms with Crippen molar-refractivity contribution in [3.63, 3.8) is 0 Å². The molecular weight excluding hydrogens is 252 g/mol. The lowest BCUT2D eigenvalue weighted by Crippen LogP contribution is -2.18. The summed E-state index contributed by atoms with van der Waals surface area (Å²) < 4.78 is 0. The molecule has 0 radical (unpaired) electrons. The molecule has 0 amide bonds. The Morgan fingerprint density at radius 3 is 1.65 bits per heavy atom. The van der Waals surface area contributed by atoms with Crippen LogP contribution in [0, 0.1) is 5.92 Å². The summed E-state index contributed by atoms with van der Waals surface area (Å²) in [5.74, 6) is -0.210. The summed E-state index contributed by atoms with van der Waals surface area (Å²) in [6.07, 6.45) is 12.9. The van der Waals surface area contributed by atoms with Crippen LogP contribution in [0.3, 0.4) is 0 Å². The van der Waals surface area contributed by atoms with Gasteiger partial charge in [-0.3, -0.25) is 0 Å². The topological polar surface area (TPSA) is 57.5 Å². The molecule has 0 aromatic rings. The summed E-state index contributed by atoms with van der Waals surface area (Å²) in [6, 6.07) is 0. The summed E-state index contributed by atoms with van der Waals surface area (Å²) in [6.45, 7) is 4.60. The quantitative estimate of drug-likeness (QED) is 0.452. The fourth-order valence-electron chi connectivity index (χ4n) is 2.40. The third-order valence-electron chi connectivity index (χ3n) is 4.16. The minimum atomic E-state index is -1.17. The molecule has 0 heterocycles. The SMILES string of the molecule is CCC(C)CCCCCCCCCCCC(O)C(=O)O. The van der Waals surface area contributed by atoms with Crippen LogP contribution in [0.5, 0.6) is 0 Å². The number of rotatable bonds is 14. The molecule has 2 unspecified atom stereocenters. The molecule has 0 aromatic heterocycles. The van der Waals surface area contributed by atoms with Crippen LogP contribution >= 0.6 is 0 Å². The minimum absolute atomic E-state index is 0.394. The van der Waals surface area contributed by atoms with E-state index in [4.69, 9.17) is 10.2 Å². The van der Waals surface area contributed by atoms with Crippen LogP contribution in [0.1, 0.15) is 90.9 Å². The molecule has 0 aliphatic rings. The molecule has 3 heteroatoms. The van der Waals surface area contributed by atoms with E-state index in [1.165, 1.54) is 57.8 Å². The minimum Gasteiger partial charge on any atom is -0.479 e. The van der Waals surface area contributed by atoms with Gasteiger partial charge in [-0.2, -0.15) is 0 Å². The highest BCUT2D eigenvalue weighted by Crippen LogP contribution is 2.15. The molecule has 0 fully saturated rings. The Hall–Kier alpha value is -0.570. The van der Waals surface area contributed by atoms with Crippen LogP contribution in [-0.4, -0.2) is 22.3 Å². The summed E-state index contributed by atoms with van der Waals surface area (Å²) in [5.41, 5.74) is 0. The van der Waals surface area contributed by atoms with E-state index in [1.807, 2.05) is 0 Å². The zero-order valence-electron chi connectivity index (χ0n) is 13.4. The van der Waals surface area contributed by atoms with Gasteiger partial charge in [-0.05, 0) is 12.3 Å². The lowest BCUT2D eigenvalue weighted by molar-refractivity contribution is -0.146. The molecular formula is C17H34O3. The van der Waals surface area contributed by atoms with Gasteiger partial charge in [-0.15, -0.1) is 0 Å². The van der Waals surface area contributed by atoms with Crippen molar-refractivity contribution in [3.8, 4) is 0 Å². The average molecular weight is 286 g/mol. The van der Waals surface area contributed by atoms with Gasteiger partial charge in [0.15, 0.2) is 6.10 Å². The fraction of sp³-hybridized carbons (Fsp3) is 0.941. The van der Waals surface area contributed by atoms with Crippen LogP contribution in [0.25, 0.3) is 0 Å². The normalized spacial score (nSPS) is 14.2. The molecule has 0 saturated heterocycles. The Bertz CT molecular complexity index is 228. The second kappa shape index (κ2) is 13.4. The third-order valence-corrected chi connectivity index (χ3v) is 4.16. The highest BCUT2D eigenvalue weighted by atomic mass is 16.4. The molecule has 120 valence electrons. The smallest absolute Gasteiger partial charge is 0.332 e. The second-order valence-electron chi connectivity index (χ2n) is 6.13. The van der Waals surface area contributed by atoms with Gasteiger partial charge in [-0.1, -0.05) is 84.5 Å². The van der Waals surface area contributed by atoms with Gasteiger partial charge >= 0.3 is 5.97 Å². The zero-order valence-corrected chi connectivity index (χ0v) is 13.4. The molecule has 2 atom stereocenters. The Balaban J connectivity index is 3.12. The molecule has 2 N–H and O–H groups in total. The highest BCUT2D eigenvalue weighted by Gasteiger charge is 2.11. The molecule has 0 aliphatic heterocycles. The number of carboxylic acids is 1. The third kappa shape index (κ3) is 12.5. The largest absolute Gasteiger partial charge is 0.479 e. The van der Waals surface area contributed by atoms with Gasteiger partial charge in [0.2, 0.25) is 0 Å². The van der Waals surface area contributed by atoms with E-state index in [0.29, 0.717) is 6.42 Å². The van der Waals surface area contributed by atoms with Gasteiger partial charge < -0.3 is 10.2 Å². The standard InChI is InChI=1S/C17H34O3/c1-3-15(2)13-11-9-7-5-4-6-8-10-12-14-16(18)17(19)20/h15-16,18H,3-14H2,1-2H3,(H,19,20). The first-order chi connectivity index (χ1) is 9.57. The van der Waals surface area contributed by atoms with Gasteiger partial charge in [0.05, 0.1) is 0 Å². The summed E-state index contributed by atoms with van der Waals surface area (Å²) in [7, 11) is 0. The molecule has 0 aromatic carbocycles. The maximum absolute atomic E-state index is 10.4. The Morgan fingerprint density at radius 2 is 1.25 bits per heavy atom. The van der Waals surface area contributed by atoms with Gasteiger partial charge in [0.25, 0.3) is 0 Å². The number of carboxylic acid groups (broad SMARTS) is 1. The van der Waals surface area contributed by atoms with Crippen LogP contribution in [0.2, 0.25) is 0 Å². The van der Waals surface area contributed by atoms with Crippen molar-refractivity contribution in [2.24, 2.45) is 5.92 Å². The number of unbranched alkanes of at least 4 members (excludes halogenated alkanes) is 8. The van der Waals surface area contributed by atoms with E-state index in [-0.39, 0.29) is 0 Å². The number of carbonyl (C=O) groups is 1. The van der Waals surface area contributed by atoms with Crippen LogP contribution in [0.15, 0.2) is 0 Å². The van der Waals surface area contributed by atoms with Crippen molar-refractivity contribution in [1.82, 2.24) is 0 Å². The van der Waals surface area contributed by atoms with Crippen molar-refractivity contribution >= 4 is 5.97 Å². The van der Waals surface area contributed by atoms with E-state index in [2.05, 4.69) is 13.8 Å². The highest BCUT2D eigenvalue weighted by molar-refractivity contribution is 5.71. The molecule has 0 saturated carbocycles. The number of hydrogen-bond donors (Lipinski definition) is 2. The van der Waals surface area contributed by atoms with E-state index in [9.17, 15) is 4.79 Å². The maximum atomic E-state index is 10.4. The summed E-state index contributed by atoms with van der Waals surface area (Å²) in [4.78, 5) is 10.4. The fourth-order valence-corrected chi connectivity index (χ4v) is 2.40. The Labute approximate surface area is 124 Å². The monoisotopic (exact) mass is 286 g/mol. The first-order valence-electron chi connectivity index (χ1n) is 8.48. The van der Waals surface area contributed by atoms with Crippen LogP contribution < -0.4 is 0 Å². The van der Waals surface area contributed by atoms with Crippen molar-refractivity contribution < 1.29 is 15.0 Å². The second-order valence-corrected chi connectivity index (χ2v) is 6.13. The van der Waals surface area contributed by atoms with Crippen molar-refractivity contribution in [1.29, 1.82) is 0 Å². The average Bonchev–Trinajstić information content (AvgIpc) is 2.43. The Kier molecular flexibility index (Phi) is 13.0. The molecule has 0 rings (SSSR count). The lowest BCUT2D eigenvalue weighted by atomic mass is 9.99. The van der Waals surface area contributed by atoms with E-state index in [0.717, 1.165) is 18.8 Å². The number of aliphatic hydroxyl groups is 1. The maximum Gasteiger partial charge on any atom is 0.332 e. The molecule has 0 spiro atoms. The van der Waals surface area contributed by atoms with Gasteiger partial charge in [0.1, 0.15) is 0 Å². The van der Waals surface area contributed by atoms with E-state index >= 15 is 0 Å². The molecule has 3 nitrogen and oxygen atoms in total. The molecule has 20 heavy (non-hydrogen) atoms. The van der Waals surface area contributed by atoms with Gasteiger partial charge in [-0.25, -0.2) is 4.79 Å². The number of aliphatic hydroxyl groups excluding tert-OH is 1. The number of aliphatic carboxylic acids is 1. The van der Waals surface area contributed by atoms with E-state index < -0.39 is 12.1 Å². The number of hydrogen-bond acceptors (Lipinski definition) is 2. The summed E-state index contributed by atoms with van der Waals surface area (Å²) in [5, 5.41) is 17.6.